The average Bonchev–Trinajstić information content (AvgIpc) is 1.63. The fraction of sp³-hybridized carbons (Fsp3) is 0.394. The summed E-state index contributed by atoms with van der Waals surface area (Å²) in [7, 11) is -5.24. The number of carbonyl (C=O) groups is 5. The van der Waals surface area contributed by atoms with Crippen LogP contribution in [0.3, 0.4) is 0 Å². The van der Waals surface area contributed by atoms with Gasteiger partial charge in [-0.3, -0.25) is 24.1 Å². The van der Waals surface area contributed by atoms with Crippen LogP contribution in [0, 0.1) is 32.2 Å². The molecule has 3 unspecified atom stereocenters. The van der Waals surface area contributed by atoms with Crippen LogP contribution >= 0.6 is 33.1 Å². The molecule has 1 saturated heterocycles. The van der Waals surface area contributed by atoms with Gasteiger partial charge in [-0.1, -0.05) is 102 Å². The number of terminal acetylenes is 1. The summed E-state index contributed by atoms with van der Waals surface area (Å²) >= 11 is 1.80. The molecule has 1 aromatic heterocycles. The van der Waals surface area contributed by atoms with Crippen molar-refractivity contribution in [3.8, 4) is 28.7 Å². The highest BCUT2D eigenvalue weighted by Gasteiger charge is 2.48. The minimum absolute atomic E-state index is 0.0376. The third-order valence-electron chi connectivity index (χ3n) is 16.3. The summed E-state index contributed by atoms with van der Waals surface area (Å²) < 4.78 is 88.8. The van der Waals surface area contributed by atoms with Crippen molar-refractivity contribution < 1.29 is 69.4 Å². The third-order valence-corrected chi connectivity index (χ3v) is 20.3. The molecular weight excluding hydrogens is 1310 g/mol. The quantitative estimate of drug-likeness (QED) is 0.0194. The van der Waals surface area contributed by atoms with Gasteiger partial charge in [0.1, 0.15) is 17.1 Å². The largest absolute Gasteiger partial charge is 0.748 e. The molecule has 3 atom stereocenters. The first kappa shape index (κ1) is 73.6. The first-order valence-electron chi connectivity index (χ1n) is 29.8. The number of rotatable bonds is 15. The minimum atomic E-state index is -5.30. The highest BCUT2D eigenvalue weighted by atomic mass is 127. The molecule has 7 aromatic rings. The summed E-state index contributed by atoms with van der Waals surface area (Å²) in [5.41, 5.74) is 0.236. The number of amides is 2. The van der Waals surface area contributed by atoms with Crippen molar-refractivity contribution in [2.24, 2.45) is 16.2 Å². The first-order valence-corrected chi connectivity index (χ1v) is 33.7. The van der Waals surface area contributed by atoms with Crippen LogP contribution in [0.4, 0.5) is 18.9 Å². The number of benzene rings is 6. The van der Waals surface area contributed by atoms with Gasteiger partial charge in [-0.2, -0.15) is 13.2 Å². The lowest BCUT2D eigenvalue weighted by Gasteiger charge is -2.29. The number of phenolic OH excluding ortho intramolecular Hbond substituents is 1. The topological polar surface area (TPSA) is 194 Å². The van der Waals surface area contributed by atoms with Gasteiger partial charge >= 0.3 is 24.1 Å². The Hall–Kier alpha value is -7.12. The average molecular weight is 1390 g/mol. The molecule has 1 saturated carbocycles. The number of thiophene rings is 1. The fourth-order valence-electron chi connectivity index (χ4n) is 9.25. The number of alkyl halides is 3. The molecule has 0 spiro atoms. The number of halogens is 4. The number of fused-ring (bicyclic) bond motifs is 3. The molecule has 2 heterocycles. The van der Waals surface area contributed by atoms with Gasteiger partial charge in [0.15, 0.2) is 14.3 Å². The van der Waals surface area contributed by atoms with E-state index in [1.807, 2.05) is 52.8 Å². The highest BCUT2D eigenvalue weighted by molar-refractivity contribution is 14.1. The van der Waals surface area contributed by atoms with E-state index in [2.05, 4.69) is 110 Å². The molecular formula is C71H81F3INO12S2. The van der Waals surface area contributed by atoms with Crippen LogP contribution in [0.25, 0.3) is 25.1 Å². The third kappa shape index (κ3) is 19.9. The maximum atomic E-state index is 12.9. The predicted molar refractivity (Wildman–Crippen MR) is 358 cm³/mol. The summed E-state index contributed by atoms with van der Waals surface area (Å²) in [6.07, 6.45) is 4.69. The Morgan fingerprint density at radius 2 is 1.31 bits per heavy atom. The number of phenols is 1. The van der Waals surface area contributed by atoms with Crippen LogP contribution < -0.4 is 9.64 Å². The van der Waals surface area contributed by atoms with Crippen molar-refractivity contribution in [2.75, 3.05) is 10.7 Å². The number of nitrogens with zero attached hydrogens (tertiary/aromatic N) is 1. The number of hydrogen-bond acceptors (Lipinski definition) is 12. The van der Waals surface area contributed by atoms with Gasteiger partial charge in [-0.05, 0) is 211 Å². The van der Waals surface area contributed by atoms with E-state index in [-0.39, 0.29) is 51.4 Å². The van der Waals surface area contributed by atoms with E-state index < -0.39 is 56.5 Å². The van der Waals surface area contributed by atoms with E-state index in [1.54, 1.807) is 73.7 Å². The monoisotopic (exact) mass is 1390 g/mol. The van der Waals surface area contributed by atoms with Gasteiger partial charge in [-0.25, -0.2) is 13.2 Å². The van der Waals surface area contributed by atoms with Crippen molar-refractivity contribution in [3.05, 3.63) is 166 Å². The number of carbonyl (C=O) groups excluding carboxylic acids is 5. The zero-order valence-electron chi connectivity index (χ0n) is 52.9. The molecule has 0 bridgehead atoms. The fourth-order valence-corrected chi connectivity index (χ4v) is 12.7. The Balaban J connectivity index is 0.000000211. The Kier molecular flexibility index (Phi) is 26.0. The van der Waals surface area contributed by atoms with Crippen molar-refractivity contribution in [3.63, 3.8) is 0 Å². The molecule has 9 rings (SSSR count). The predicted octanol–water partition coefficient (Wildman–Crippen LogP) is 17.5. The van der Waals surface area contributed by atoms with Crippen molar-refractivity contribution in [1.82, 2.24) is 0 Å². The van der Waals surface area contributed by atoms with Gasteiger partial charge in [0, 0.05) is 33.2 Å². The zero-order chi connectivity index (χ0) is 67.0. The number of imide groups is 1. The van der Waals surface area contributed by atoms with Gasteiger partial charge in [0.05, 0.1) is 46.9 Å². The van der Waals surface area contributed by atoms with Gasteiger partial charge in [0.2, 0.25) is 17.9 Å². The Morgan fingerprint density at radius 1 is 0.767 bits per heavy atom. The normalized spacial score (nSPS) is 16.1. The van der Waals surface area contributed by atoms with E-state index in [9.17, 15) is 50.1 Å². The van der Waals surface area contributed by atoms with Gasteiger partial charge < -0.3 is 23.9 Å². The lowest BCUT2D eigenvalue weighted by Crippen LogP contribution is -2.39. The molecule has 19 heteroatoms. The van der Waals surface area contributed by atoms with Crippen molar-refractivity contribution >= 4 is 98.8 Å². The van der Waals surface area contributed by atoms with E-state index in [0.717, 1.165) is 43.4 Å². The standard InChI is InChI=1S/C18H13S.C16H18F3IO7S.C15H15NO2.C12H22O2.C10H14O/c1-2-8-14(9-3-1)19-17-12-6-4-10-15(17)16-11-5-7-13-18(16)19;1-4-15(2,3)14(22)26-11-7-9(5-6-10(11)20)13(21)27-12(16(17,18)19)8-28(23,24)25;1-4-11-6-8-12(9-7-11)16-13(17)10-15(3,5-2)14(16)18;1-5-11(2,3)10(13)14-12(4)8-6-7-9-12;1-3-8(2)9-5-4-6-10(11)7-9/h1-13H;5-7,12H,4,8H2,1-3H3,(H,23,24,25);1,6-9H,5,10H2,2-3H3;5-9H2,1-4H3;4-8,11H,3H2,1-2H3/q+1;;;;/p-1. The van der Waals surface area contributed by atoms with E-state index in [1.165, 1.54) is 54.4 Å². The molecule has 482 valence electrons. The van der Waals surface area contributed by atoms with Crippen LogP contribution in [0.15, 0.2) is 146 Å². The number of anilines is 1. The van der Waals surface area contributed by atoms with E-state index >= 15 is 0 Å². The molecule has 90 heavy (non-hydrogen) atoms. The van der Waals surface area contributed by atoms with Crippen LogP contribution in [0.2, 0.25) is 0 Å². The highest BCUT2D eigenvalue weighted by Crippen LogP contribution is 2.48. The Labute approximate surface area is 544 Å². The lowest BCUT2D eigenvalue weighted by atomic mass is 9.86. The van der Waals surface area contributed by atoms with Gasteiger partial charge in [-0.15, -0.1) is 6.42 Å². The maximum absolute atomic E-state index is 12.9. The minimum Gasteiger partial charge on any atom is -0.748 e. The number of ether oxygens (including phenoxy) is 3. The second-order valence-electron chi connectivity index (χ2n) is 24.0. The molecule has 1 N–H and O–H groups in total. The van der Waals surface area contributed by atoms with Crippen LogP contribution in [0.5, 0.6) is 11.5 Å². The summed E-state index contributed by atoms with van der Waals surface area (Å²) in [5, 5.41) is 11.9. The number of esters is 3. The zero-order valence-corrected chi connectivity index (χ0v) is 56.7. The number of aromatic hydroxyl groups is 1. The summed E-state index contributed by atoms with van der Waals surface area (Å²) in [6, 6.07) is 46.2. The van der Waals surface area contributed by atoms with E-state index in [0.29, 0.717) is 33.8 Å². The SMILES string of the molecule is C#Cc1ccc(N2C(=O)CC(C)(CC)C2=O)cc1.CCC(C)(C)C(=O)OC1(C)CCCC1.CCC(C)(C)C(=O)Oc1cc(C(=O)OC(CS(=O)(=O)[O-])C(F)(F)F)ccc1I.CCC(C)c1cccc(O)c1.c1ccc(-[s+]2c3ccccc3c3ccccc32)cc1. The molecule has 1 aliphatic carbocycles. The first-order chi connectivity index (χ1) is 42.2. The number of hydrogen-bond donors (Lipinski definition) is 1. The van der Waals surface area contributed by atoms with E-state index in [4.69, 9.17) is 21.0 Å². The van der Waals surface area contributed by atoms with Crippen LogP contribution in [-0.2, 0) is 38.8 Å². The molecule has 1 aliphatic heterocycles. The summed E-state index contributed by atoms with van der Waals surface area (Å²) in [4.78, 5) is 63.0. The van der Waals surface area contributed by atoms with Crippen LogP contribution in [0.1, 0.15) is 161 Å². The maximum Gasteiger partial charge on any atom is 0.426 e. The second kappa shape index (κ2) is 31.8. The Morgan fingerprint density at radius 3 is 1.80 bits per heavy atom. The molecule has 2 amide bonds. The molecule has 13 nitrogen and oxygen atoms in total. The van der Waals surface area contributed by atoms with Gasteiger partial charge in [0.25, 0.3) is 0 Å². The molecule has 6 aromatic carbocycles. The second-order valence-corrected chi connectivity index (χ2v) is 28.6. The summed E-state index contributed by atoms with van der Waals surface area (Å²) in [5.74, 6) is -1.03. The lowest BCUT2D eigenvalue weighted by molar-refractivity contribution is -0.197. The Bertz CT molecular complexity index is 3720. The molecule has 2 fully saturated rings. The summed E-state index contributed by atoms with van der Waals surface area (Å²) in [6.45, 7) is 21.1. The van der Waals surface area contributed by atoms with Crippen molar-refractivity contribution in [1.29, 1.82) is 0 Å². The molecule has 0 radical (unpaired) electrons. The smallest absolute Gasteiger partial charge is 0.426 e. The molecule has 2 aliphatic rings. The van der Waals surface area contributed by atoms with Crippen molar-refractivity contribution in [2.45, 2.75) is 158 Å². The van der Waals surface area contributed by atoms with Crippen LogP contribution in [-0.4, -0.2) is 71.4 Å².